The number of aromatic nitrogens is 1. The van der Waals surface area contributed by atoms with Gasteiger partial charge in [-0.05, 0) is 72.1 Å². The van der Waals surface area contributed by atoms with Gasteiger partial charge in [0.15, 0.2) is 0 Å². The van der Waals surface area contributed by atoms with Gasteiger partial charge >= 0.3 is 0 Å². The summed E-state index contributed by atoms with van der Waals surface area (Å²) in [7, 11) is 1.65. The number of carbonyl (C=O) groups excluding carboxylic acids is 2. The summed E-state index contributed by atoms with van der Waals surface area (Å²) in [5.41, 5.74) is 5.63. The highest BCUT2D eigenvalue weighted by Crippen LogP contribution is 2.32. The van der Waals surface area contributed by atoms with Gasteiger partial charge in [0.2, 0.25) is 11.8 Å². The summed E-state index contributed by atoms with van der Waals surface area (Å²) in [6, 6.07) is 23.2. The highest BCUT2D eigenvalue weighted by molar-refractivity contribution is 5.95. The van der Waals surface area contributed by atoms with Crippen LogP contribution in [0.25, 0.3) is 22.2 Å². The van der Waals surface area contributed by atoms with Gasteiger partial charge in [0, 0.05) is 40.3 Å². The number of amides is 2. The summed E-state index contributed by atoms with van der Waals surface area (Å²) in [6.07, 6.45) is 0.941. The van der Waals surface area contributed by atoms with Crippen LogP contribution in [-0.2, 0) is 16.0 Å². The Morgan fingerprint density at radius 2 is 1.53 bits per heavy atom. The lowest BCUT2D eigenvalue weighted by Gasteiger charge is -2.10. The van der Waals surface area contributed by atoms with Crippen molar-refractivity contribution >= 4 is 34.1 Å². The van der Waals surface area contributed by atoms with Gasteiger partial charge in [-0.25, -0.2) is 0 Å². The van der Waals surface area contributed by atoms with E-state index in [2.05, 4.69) is 21.7 Å². The SMILES string of the molecule is COc1ccc(-c2[nH]c3ccccc3c2CCC(=O)Nc2ccc(NC(=O)C(C)C)cc2)cc1. The quantitative estimate of drug-likeness (QED) is 0.304. The first-order valence-corrected chi connectivity index (χ1v) is 11.4. The maximum Gasteiger partial charge on any atom is 0.226 e. The van der Waals surface area contributed by atoms with Crippen molar-refractivity contribution in [3.05, 3.63) is 78.4 Å². The third kappa shape index (κ3) is 5.29. The highest BCUT2D eigenvalue weighted by Gasteiger charge is 2.15. The Morgan fingerprint density at radius 1 is 0.882 bits per heavy atom. The number of H-pyrrole nitrogens is 1. The predicted molar refractivity (Wildman–Crippen MR) is 137 cm³/mol. The average molecular weight is 456 g/mol. The first-order chi connectivity index (χ1) is 16.4. The monoisotopic (exact) mass is 455 g/mol. The molecule has 4 rings (SSSR count). The molecule has 0 aliphatic rings. The molecule has 4 aromatic rings. The zero-order valence-corrected chi connectivity index (χ0v) is 19.6. The molecule has 0 saturated carbocycles. The third-order valence-electron chi connectivity index (χ3n) is 5.75. The number of anilines is 2. The average Bonchev–Trinajstić information content (AvgIpc) is 3.22. The van der Waals surface area contributed by atoms with Crippen LogP contribution in [-0.4, -0.2) is 23.9 Å². The van der Waals surface area contributed by atoms with Crippen LogP contribution in [0.2, 0.25) is 0 Å². The van der Waals surface area contributed by atoms with Crippen molar-refractivity contribution in [3.63, 3.8) is 0 Å². The Kier molecular flexibility index (Phi) is 6.97. The molecule has 0 bridgehead atoms. The van der Waals surface area contributed by atoms with Crippen molar-refractivity contribution in [2.45, 2.75) is 26.7 Å². The maximum atomic E-state index is 12.7. The van der Waals surface area contributed by atoms with Gasteiger partial charge in [0.05, 0.1) is 7.11 Å². The molecule has 0 atom stereocenters. The summed E-state index contributed by atoms with van der Waals surface area (Å²) >= 11 is 0. The number of hydrogen-bond donors (Lipinski definition) is 3. The normalized spacial score (nSPS) is 10.9. The number of fused-ring (bicyclic) bond motifs is 1. The number of aromatic amines is 1. The summed E-state index contributed by atoms with van der Waals surface area (Å²) < 4.78 is 5.28. The molecule has 6 nitrogen and oxygen atoms in total. The number of para-hydroxylation sites is 1. The molecule has 3 N–H and O–H groups in total. The van der Waals surface area contributed by atoms with Crippen LogP contribution in [0.4, 0.5) is 11.4 Å². The predicted octanol–water partition coefficient (Wildman–Crippen LogP) is 6.01. The molecule has 6 heteroatoms. The second-order valence-corrected chi connectivity index (χ2v) is 8.52. The molecule has 174 valence electrons. The van der Waals surface area contributed by atoms with E-state index in [-0.39, 0.29) is 17.7 Å². The Bertz CT molecular complexity index is 1290. The zero-order valence-electron chi connectivity index (χ0n) is 19.6. The molecular formula is C28H29N3O3. The van der Waals surface area contributed by atoms with E-state index in [1.54, 1.807) is 31.4 Å². The van der Waals surface area contributed by atoms with E-state index in [1.807, 2.05) is 56.3 Å². The van der Waals surface area contributed by atoms with E-state index in [4.69, 9.17) is 4.74 Å². The van der Waals surface area contributed by atoms with Gasteiger partial charge in [0.25, 0.3) is 0 Å². The number of aryl methyl sites for hydroxylation is 1. The molecule has 1 heterocycles. The fourth-order valence-electron chi connectivity index (χ4n) is 3.85. The van der Waals surface area contributed by atoms with Gasteiger partial charge < -0.3 is 20.4 Å². The molecule has 0 radical (unpaired) electrons. The molecule has 2 amide bonds. The molecule has 3 aromatic carbocycles. The summed E-state index contributed by atoms with van der Waals surface area (Å²) in [5.74, 6) is 0.607. The molecule has 34 heavy (non-hydrogen) atoms. The Balaban J connectivity index is 1.46. The maximum absolute atomic E-state index is 12.7. The number of nitrogens with one attached hydrogen (secondary N) is 3. The van der Waals surface area contributed by atoms with Gasteiger partial charge in [-0.2, -0.15) is 0 Å². The zero-order chi connectivity index (χ0) is 24.1. The van der Waals surface area contributed by atoms with E-state index < -0.39 is 0 Å². The first-order valence-electron chi connectivity index (χ1n) is 11.4. The second-order valence-electron chi connectivity index (χ2n) is 8.52. The van der Waals surface area contributed by atoms with Crippen molar-refractivity contribution in [2.75, 3.05) is 17.7 Å². The van der Waals surface area contributed by atoms with Gasteiger partial charge in [0.1, 0.15) is 5.75 Å². The van der Waals surface area contributed by atoms with Crippen LogP contribution in [0.3, 0.4) is 0 Å². The fraction of sp³-hybridized carbons (Fsp3) is 0.214. The highest BCUT2D eigenvalue weighted by atomic mass is 16.5. The fourth-order valence-corrected chi connectivity index (χ4v) is 3.85. The van der Waals surface area contributed by atoms with Crippen LogP contribution in [0.1, 0.15) is 25.8 Å². The van der Waals surface area contributed by atoms with Gasteiger partial charge in [-0.1, -0.05) is 32.0 Å². The molecule has 0 unspecified atom stereocenters. The van der Waals surface area contributed by atoms with Gasteiger partial charge in [-0.15, -0.1) is 0 Å². The van der Waals surface area contributed by atoms with Crippen LogP contribution < -0.4 is 15.4 Å². The van der Waals surface area contributed by atoms with Crippen molar-refractivity contribution in [1.82, 2.24) is 4.98 Å². The number of ether oxygens (including phenoxy) is 1. The van der Waals surface area contributed by atoms with Crippen LogP contribution in [0, 0.1) is 5.92 Å². The van der Waals surface area contributed by atoms with E-state index in [0.29, 0.717) is 24.2 Å². The van der Waals surface area contributed by atoms with Crippen LogP contribution >= 0.6 is 0 Å². The number of hydrogen-bond acceptors (Lipinski definition) is 3. The van der Waals surface area contributed by atoms with Crippen molar-refractivity contribution in [3.8, 4) is 17.0 Å². The number of benzene rings is 3. The van der Waals surface area contributed by atoms with Crippen molar-refractivity contribution in [2.24, 2.45) is 5.92 Å². The summed E-state index contributed by atoms with van der Waals surface area (Å²) in [4.78, 5) is 28.1. The minimum Gasteiger partial charge on any atom is -0.497 e. The van der Waals surface area contributed by atoms with E-state index in [9.17, 15) is 9.59 Å². The molecule has 0 aliphatic heterocycles. The Hall–Kier alpha value is -4.06. The molecule has 0 aliphatic carbocycles. The van der Waals surface area contributed by atoms with E-state index >= 15 is 0 Å². The summed E-state index contributed by atoms with van der Waals surface area (Å²) in [6.45, 7) is 3.69. The molecular weight excluding hydrogens is 426 g/mol. The topological polar surface area (TPSA) is 83.2 Å². The smallest absolute Gasteiger partial charge is 0.226 e. The minimum absolute atomic E-state index is 0.0387. The molecule has 1 aromatic heterocycles. The minimum atomic E-state index is -0.0910. The number of methoxy groups -OCH3 is 1. The Labute approximate surface area is 199 Å². The van der Waals surface area contributed by atoms with Crippen LogP contribution in [0.5, 0.6) is 5.75 Å². The molecule has 0 saturated heterocycles. The first kappa shape index (κ1) is 23.1. The lowest BCUT2D eigenvalue weighted by Crippen LogP contribution is -2.17. The second kappa shape index (κ2) is 10.3. The Morgan fingerprint density at radius 3 is 2.18 bits per heavy atom. The van der Waals surface area contributed by atoms with Crippen molar-refractivity contribution < 1.29 is 14.3 Å². The third-order valence-corrected chi connectivity index (χ3v) is 5.75. The number of rotatable bonds is 8. The molecule has 0 fully saturated rings. The van der Waals surface area contributed by atoms with Crippen LogP contribution in [0.15, 0.2) is 72.8 Å². The number of carbonyl (C=O) groups is 2. The standard InChI is InChI=1S/C28H29N3O3/c1-18(2)28(33)30-21-12-10-20(11-13-21)29-26(32)17-16-24-23-6-4-5-7-25(23)31-27(24)19-8-14-22(34-3)15-9-19/h4-15,18,31H,16-17H2,1-3H3,(H,29,32)(H,30,33). The molecule has 0 spiro atoms. The van der Waals surface area contributed by atoms with Gasteiger partial charge in [-0.3, -0.25) is 9.59 Å². The summed E-state index contributed by atoms with van der Waals surface area (Å²) in [5, 5.41) is 6.92. The van der Waals surface area contributed by atoms with Crippen molar-refractivity contribution in [1.29, 1.82) is 0 Å². The largest absolute Gasteiger partial charge is 0.497 e. The lowest BCUT2D eigenvalue weighted by molar-refractivity contribution is -0.119. The van der Waals surface area contributed by atoms with E-state index in [0.717, 1.165) is 33.5 Å². The lowest BCUT2D eigenvalue weighted by atomic mass is 10.0. The van der Waals surface area contributed by atoms with E-state index in [1.165, 1.54) is 0 Å².